The molecule has 72 valence electrons. The van der Waals surface area contributed by atoms with Gasteiger partial charge in [-0.2, -0.15) is 5.10 Å². The minimum atomic E-state index is -2.80. The van der Waals surface area contributed by atoms with Crippen LogP contribution in [0.1, 0.15) is 11.3 Å². The van der Waals surface area contributed by atoms with Gasteiger partial charge in [0.2, 0.25) is 0 Å². The van der Waals surface area contributed by atoms with Crippen LogP contribution in [0.4, 0.5) is 8.78 Å². The Labute approximate surface area is 73.5 Å². The van der Waals surface area contributed by atoms with Gasteiger partial charge in [0, 0.05) is 18.8 Å². The monoisotopic (exact) mass is 189 g/mol. The molecule has 0 saturated heterocycles. The van der Waals surface area contributed by atoms with Crippen LogP contribution in [-0.4, -0.2) is 27.1 Å². The van der Waals surface area contributed by atoms with E-state index in [0.717, 1.165) is 0 Å². The van der Waals surface area contributed by atoms with Crippen molar-refractivity contribution in [3.63, 3.8) is 0 Å². The van der Waals surface area contributed by atoms with Crippen molar-refractivity contribution in [1.29, 1.82) is 0 Å². The number of aromatic nitrogens is 2. The summed E-state index contributed by atoms with van der Waals surface area (Å²) < 4.78 is 25.9. The maximum absolute atomic E-state index is 12.2. The molecular formula is C7H9F2N3O. The zero-order chi connectivity index (χ0) is 10.0. The average Bonchev–Trinajstić information content (AvgIpc) is 2.31. The molecule has 4 nitrogen and oxygen atoms in total. The molecule has 6 heteroatoms. The molecule has 0 amide bonds. The molecule has 1 rings (SSSR count). The van der Waals surface area contributed by atoms with Crippen LogP contribution in [0.15, 0.2) is 11.4 Å². The number of rotatable bonds is 2. The van der Waals surface area contributed by atoms with Crippen LogP contribution >= 0.6 is 0 Å². The minimum Gasteiger partial charge on any atom is -0.410 e. The van der Waals surface area contributed by atoms with Gasteiger partial charge in [-0.05, 0) is 6.92 Å². The zero-order valence-electron chi connectivity index (χ0n) is 7.20. The predicted octanol–water partition coefficient (Wildman–Crippen LogP) is 1.17. The third-order valence-corrected chi connectivity index (χ3v) is 1.60. The number of alkyl halides is 2. The van der Waals surface area contributed by atoms with E-state index in [9.17, 15) is 8.78 Å². The Balaban J connectivity index is 3.13. The lowest BCUT2D eigenvalue weighted by atomic mass is 10.2. The van der Waals surface area contributed by atoms with Crippen molar-refractivity contribution in [3.05, 3.63) is 17.5 Å². The van der Waals surface area contributed by atoms with Gasteiger partial charge in [-0.1, -0.05) is 5.16 Å². The maximum atomic E-state index is 12.2. The molecule has 0 atom stereocenters. The lowest BCUT2D eigenvalue weighted by molar-refractivity contribution is 0.215. The third-order valence-electron chi connectivity index (χ3n) is 1.60. The van der Waals surface area contributed by atoms with E-state index < -0.39 is 12.1 Å². The highest BCUT2D eigenvalue weighted by atomic mass is 19.3. The summed E-state index contributed by atoms with van der Waals surface area (Å²) in [6.45, 7) is 1.57. The molecule has 1 N–H and O–H groups in total. The minimum absolute atomic E-state index is 0.167. The number of oxime groups is 1. The van der Waals surface area contributed by atoms with E-state index in [1.165, 1.54) is 10.9 Å². The molecular weight excluding hydrogens is 180 g/mol. The normalized spacial score (nSPS) is 12.5. The third kappa shape index (κ3) is 1.82. The molecule has 0 unspecified atom stereocenters. The number of nitrogens with zero attached hydrogens (tertiary/aromatic N) is 3. The van der Waals surface area contributed by atoms with Gasteiger partial charge in [0.25, 0.3) is 6.43 Å². The van der Waals surface area contributed by atoms with Crippen molar-refractivity contribution in [2.24, 2.45) is 12.2 Å². The summed E-state index contributed by atoms with van der Waals surface area (Å²) in [4.78, 5) is 0. The van der Waals surface area contributed by atoms with Crippen LogP contribution in [0.2, 0.25) is 0 Å². The second-order valence-electron chi connectivity index (χ2n) is 2.59. The molecule has 0 saturated carbocycles. The van der Waals surface area contributed by atoms with Gasteiger partial charge in [0.05, 0.1) is 5.69 Å². The van der Waals surface area contributed by atoms with E-state index in [0.29, 0.717) is 5.69 Å². The van der Waals surface area contributed by atoms with E-state index in [1.807, 2.05) is 0 Å². The van der Waals surface area contributed by atoms with Gasteiger partial charge in [-0.3, -0.25) is 4.68 Å². The van der Waals surface area contributed by atoms with Crippen LogP contribution in [-0.2, 0) is 7.05 Å². The second-order valence-corrected chi connectivity index (χ2v) is 2.59. The average molecular weight is 189 g/mol. The summed E-state index contributed by atoms with van der Waals surface area (Å²) in [5, 5.41) is 14.8. The van der Waals surface area contributed by atoms with Gasteiger partial charge < -0.3 is 5.21 Å². The van der Waals surface area contributed by atoms with Crippen molar-refractivity contribution >= 4 is 5.71 Å². The highest BCUT2D eigenvalue weighted by Gasteiger charge is 2.20. The first-order chi connectivity index (χ1) is 6.06. The van der Waals surface area contributed by atoms with E-state index in [4.69, 9.17) is 5.21 Å². The summed E-state index contributed by atoms with van der Waals surface area (Å²) in [5.41, 5.74) is -0.0683. The summed E-state index contributed by atoms with van der Waals surface area (Å²) in [6, 6.07) is 0. The lowest BCUT2D eigenvalue weighted by Crippen LogP contribution is -2.12. The topological polar surface area (TPSA) is 50.4 Å². The number of halogens is 2. The van der Waals surface area contributed by atoms with Crippen molar-refractivity contribution in [3.8, 4) is 0 Å². The first-order valence-electron chi connectivity index (χ1n) is 3.57. The van der Waals surface area contributed by atoms with E-state index in [2.05, 4.69) is 10.3 Å². The van der Waals surface area contributed by atoms with Crippen LogP contribution < -0.4 is 0 Å². The van der Waals surface area contributed by atoms with E-state index >= 15 is 0 Å². The summed E-state index contributed by atoms with van der Waals surface area (Å²) >= 11 is 0. The fraction of sp³-hybridized carbons (Fsp3) is 0.429. The van der Waals surface area contributed by atoms with E-state index in [1.54, 1.807) is 14.0 Å². The van der Waals surface area contributed by atoms with Gasteiger partial charge in [-0.25, -0.2) is 8.78 Å². The molecule has 1 aromatic rings. The van der Waals surface area contributed by atoms with Crippen LogP contribution in [0.5, 0.6) is 0 Å². The molecule has 0 aliphatic carbocycles. The molecule has 0 bridgehead atoms. The Hall–Kier alpha value is -1.46. The van der Waals surface area contributed by atoms with Crippen LogP contribution in [0.3, 0.4) is 0 Å². The maximum Gasteiger partial charge on any atom is 0.284 e. The molecule has 1 aromatic heterocycles. The van der Waals surface area contributed by atoms with Gasteiger partial charge in [0.15, 0.2) is 5.71 Å². The van der Waals surface area contributed by atoms with Gasteiger partial charge in [-0.15, -0.1) is 0 Å². The predicted molar refractivity (Wildman–Crippen MR) is 42.3 cm³/mol. The highest BCUT2D eigenvalue weighted by Crippen LogP contribution is 2.11. The molecule has 0 aliphatic heterocycles. The summed E-state index contributed by atoms with van der Waals surface area (Å²) in [5.74, 6) is 0. The highest BCUT2D eigenvalue weighted by molar-refractivity contribution is 6.03. The van der Waals surface area contributed by atoms with Crippen molar-refractivity contribution in [2.45, 2.75) is 13.3 Å². The fourth-order valence-corrected chi connectivity index (χ4v) is 1.07. The summed E-state index contributed by atoms with van der Waals surface area (Å²) in [7, 11) is 1.61. The van der Waals surface area contributed by atoms with E-state index in [-0.39, 0.29) is 5.56 Å². The fourth-order valence-electron chi connectivity index (χ4n) is 1.07. The first-order valence-corrected chi connectivity index (χ1v) is 3.57. The SMILES string of the molecule is Cc1nn(C)cc1/C(=N\O)C(F)F. The van der Waals surface area contributed by atoms with Gasteiger partial charge >= 0.3 is 0 Å². The smallest absolute Gasteiger partial charge is 0.284 e. The molecule has 0 radical (unpaired) electrons. The Morgan fingerprint density at radius 1 is 1.69 bits per heavy atom. The van der Waals surface area contributed by atoms with Crippen LogP contribution in [0, 0.1) is 6.92 Å². The first kappa shape index (κ1) is 9.63. The number of hydrogen-bond acceptors (Lipinski definition) is 3. The van der Waals surface area contributed by atoms with Gasteiger partial charge in [0.1, 0.15) is 0 Å². The Bertz CT molecular complexity index is 332. The Morgan fingerprint density at radius 2 is 2.31 bits per heavy atom. The lowest BCUT2D eigenvalue weighted by Gasteiger charge is -1.99. The molecule has 1 heterocycles. The molecule has 0 aromatic carbocycles. The Kier molecular flexibility index (Phi) is 2.60. The quantitative estimate of drug-likeness (QED) is 0.431. The molecule has 0 fully saturated rings. The number of aryl methyl sites for hydroxylation is 2. The van der Waals surface area contributed by atoms with Crippen LogP contribution in [0.25, 0.3) is 0 Å². The Morgan fingerprint density at radius 3 is 2.62 bits per heavy atom. The summed E-state index contributed by atoms with van der Waals surface area (Å²) in [6.07, 6.45) is -1.41. The molecule has 13 heavy (non-hydrogen) atoms. The van der Waals surface area contributed by atoms with Crippen molar-refractivity contribution in [1.82, 2.24) is 9.78 Å². The largest absolute Gasteiger partial charge is 0.410 e. The molecule has 0 aliphatic rings. The standard InChI is InChI=1S/C7H9F2N3O/c1-4-5(3-12(2)10-4)6(11-13)7(8)9/h3,7,13H,1-2H3/b11-6+. The number of hydrogen-bond donors (Lipinski definition) is 1. The van der Waals surface area contributed by atoms with Crippen molar-refractivity contribution in [2.75, 3.05) is 0 Å². The molecule has 0 spiro atoms. The van der Waals surface area contributed by atoms with Crippen molar-refractivity contribution < 1.29 is 14.0 Å². The second kappa shape index (κ2) is 3.51. The zero-order valence-corrected chi connectivity index (χ0v) is 7.20.